The van der Waals surface area contributed by atoms with Crippen LogP contribution < -0.4 is 0 Å². The highest BCUT2D eigenvalue weighted by Gasteiger charge is 2.18. The molecule has 0 aliphatic rings. The largest absolute Gasteiger partial charge is 0.481 e. The molecule has 38 heavy (non-hydrogen) atoms. The summed E-state index contributed by atoms with van der Waals surface area (Å²) in [5.41, 5.74) is 6.65. The van der Waals surface area contributed by atoms with Gasteiger partial charge in [-0.05, 0) is 101 Å². The van der Waals surface area contributed by atoms with Gasteiger partial charge in [0, 0.05) is 52.7 Å². The van der Waals surface area contributed by atoms with Crippen molar-refractivity contribution in [1.29, 1.82) is 0 Å². The number of aromatic nitrogens is 2. The Morgan fingerprint density at radius 1 is 0.684 bits per heavy atom. The molecule has 0 spiro atoms. The van der Waals surface area contributed by atoms with E-state index in [4.69, 9.17) is 0 Å². The molecule has 7 aromatic rings. The van der Waals surface area contributed by atoms with Crippen molar-refractivity contribution < 1.29 is 9.90 Å². The Morgan fingerprint density at radius 2 is 1.26 bits per heavy atom. The predicted molar refractivity (Wildman–Crippen MR) is 162 cm³/mol. The minimum Gasteiger partial charge on any atom is -0.481 e. The molecule has 0 unspecified atom stereocenters. The van der Waals surface area contributed by atoms with Crippen LogP contribution >= 0.6 is 34.0 Å². The van der Waals surface area contributed by atoms with E-state index in [1.807, 2.05) is 29.8 Å². The summed E-state index contributed by atoms with van der Waals surface area (Å²) in [6.07, 6.45) is 3.91. The summed E-state index contributed by atoms with van der Waals surface area (Å²) >= 11 is 5.26. The van der Waals surface area contributed by atoms with Crippen molar-refractivity contribution in [3.63, 3.8) is 0 Å². The topological polar surface area (TPSA) is 68.9 Å². The monoisotopic (exact) mass is 550 g/mol. The third-order valence-corrected chi connectivity index (χ3v) is 10.8. The van der Waals surface area contributed by atoms with Crippen LogP contribution in [0, 0.1) is 6.92 Å². The molecule has 0 radical (unpaired) electrons. The maximum absolute atomic E-state index is 11.7. The zero-order valence-electron chi connectivity index (χ0n) is 20.4. The van der Waals surface area contributed by atoms with Crippen LogP contribution in [0.2, 0.25) is 0 Å². The lowest BCUT2D eigenvalue weighted by molar-refractivity contribution is -0.136. The molecule has 0 aliphatic carbocycles. The Morgan fingerprint density at radius 3 is 1.89 bits per heavy atom. The van der Waals surface area contributed by atoms with Gasteiger partial charge in [-0.1, -0.05) is 12.1 Å². The van der Waals surface area contributed by atoms with Gasteiger partial charge in [-0.2, -0.15) is 0 Å². The zero-order valence-corrected chi connectivity index (χ0v) is 22.8. The van der Waals surface area contributed by atoms with Gasteiger partial charge in [-0.3, -0.25) is 4.79 Å². The minimum absolute atomic E-state index is 0.00814. The van der Waals surface area contributed by atoms with Gasteiger partial charge < -0.3 is 15.1 Å². The number of carboxylic acid groups (broad SMARTS) is 1. The smallest absolute Gasteiger partial charge is 0.307 e. The molecule has 0 bridgehead atoms. The molecular formula is C31H22N2O2S3. The number of fused-ring (bicyclic) bond motifs is 2. The van der Waals surface area contributed by atoms with Crippen LogP contribution in [0.4, 0.5) is 0 Å². The molecule has 0 aliphatic heterocycles. The number of carboxylic acids is 1. The average molecular weight is 551 g/mol. The van der Waals surface area contributed by atoms with E-state index in [-0.39, 0.29) is 6.42 Å². The Bertz CT molecular complexity index is 1960. The van der Waals surface area contributed by atoms with Crippen LogP contribution in [0.5, 0.6) is 0 Å². The van der Waals surface area contributed by atoms with Gasteiger partial charge in [0.2, 0.25) is 0 Å². The van der Waals surface area contributed by atoms with Crippen molar-refractivity contribution >= 4 is 61.8 Å². The van der Waals surface area contributed by atoms with Crippen LogP contribution in [0.1, 0.15) is 11.1 Å². The van der Waals surface area contributed by atoms with Gasteiger partial charge >= 0.3 is 5.97 Å². The summed E-state index contributed by atoms with van der Waals surface area (Å²) in [7, 11) is 0. The molecule has 3 N–H and O–H groups in total. The predicted octanol–water partition coefficient (Wildman–Crippen LogP) is 9.44. The second-order valence-corrected chi connectivity index (χ2v) is 12.6. The normalized spacial score (nSPS) is 11.6. The number of aromatic amines is 2. The van der Waals surface area contributed by atoms with Crippen molar-refractivity contribution in [1.82, 2.24) is 9.97 Å². The van der Waals surface area contributed by atoms with E-state index < -0.39 is 5.97 Å². The Labute approximate surface area is 230 Å². The first-order valence-corrected chi connectivity index (χ1v) is 14.7. The fourth-order valence-corrected chi connectivity index (χ4v) is 8.48. The first-order chi connectivity index (χ1) is 18.5. The van der Waals surface area contributed by atoms with Gasteiger partial charge in [0.25, 0.3) is 0 Å². The van der Waals surface area contributed by atoms with Crippen molar-refractivity contribution in [3.8, 4) is 40.4 Å². The number of hydrogen-bond donors (Lipinski definition) is 3. The summed E-state index contributed by atoms with van der Waals surface area (Å²) in [4.78, 5) is 25.2. The van der Waals surface area contributed by atoms with Gasteiger partial charge in [-0.25, -0.2) is 0 Å². The number of aliphatic carboxylic acids is 1. The summed E-state index contributed by atoms with van der Waals surface area (Å²) in [6, 6.07) is 25.7. The maximum Gasteiger partial charge on any atom is 0.307 e. The molecule has 0 amide bonds. The average Bonchev–Trinajstić information content (AvgIpc) is 3.72. The molecule has 2 aromatic carbocycles. The van der Waals surface area contributed by atoms with E-state index >= 15 is 0 Å². The number of rotatable bonds is 6. The Kier molecular flexibility index (Phi) is 5.58. The molecule has 5 aromatic heterocycles. The molecular weight excluding hydrogens is 529 g/mol. The van der Waals surface area contributed by atoms with E-state index in [9.17, 15) is 9.90 Å². The first kappa shape index (κ1) is 23.2. The molecule has 4 nitrogen and oxygen atoms in total. The lowest BCUT2D eigenvalue weighted by atomic mass is 10.1. The van der Waals surface area contributed by atoms with E-state index in [0.29, 0.717) is 0 Å². The number of benzene rings is 2. The number of nitrogens with one attached hydrogen (secondary N) is 2. The lowest BCUT2D eigenvalue weighted by Crippen LogP contribution is -1.99. The highest BCUT2D eigenvalue weighted by atomic mass is 32.1. The second-order valence-electron chi connectivity index (χ2n) is 9.38. The molecule has 5 heterocycles. The summed E-state index contributed by atoms with van der Waals surface area (Å²) in [5.74, 6) is -0.815. The highest BCUT2D eigenvalue weighted by Crippen LogP contribution is 2.46. The molecule has 0 saturated carbocycles. The van der Waals surface area contributed by atoms with Gasteiger partial charge in [-0.15, -0.1) is 34.0 Å². The van der Waals surface area contributed by atoms with Crippen LogP contribution in [0.25, 0.3) is 62.2 Å². The maximum atomic E-state index is 11.7. The van der Waals surface area contributed by atoms with E-state index in [1.165, 1.54) is 31.1 Å². The van der Waals surface area contributed by atoms with Crippen LogP contribution in [0.15, 0.2) is 85.2 Å². The summed E-state index contributed by atoms with van der Waals surface area (Å²) < 4.78 is 0. The minimum atomic E-state index is -0.815. The molecule has 0 atom stereocenters. The Hall–Kier alpha value is -3.91. The second kappa shape index (κ2) is 9.13. The van der Waals surface area contributed by atoms with E-state index in [2.05, 4.69) is 83.6 Å². The third-order valence-electron chi connectivity index (χ3n) is 6.79. The van der Waals surface area contributed by atoms with Crippen LogP contribution in [-0.2, 0) is 11.2 Å². The summed E-state index contributed by atoms with van der Waals surface area (Å²) in [6.45, 7) is 2.18. The van der Waals surface area contributed by atoms with E-state index in [0.717, 1.165) is 42.2 Å². The Balaban J connectivity index is 1.24. The molecule has 7 rings (SSSR count). The highest BCUT2D eigenvalue weighted by molar-refractivity contribution is 7.28. The van der Waals surface area contributed by atoms with Crippen molar-refractivity contribution in [3.05, 3.63) is 96.3 Å². The zero-order chi connectivity index (χ0) is 25.8. The van der Waals surface area contributed by atoms with Crippen LogP contribution in [-0.4, -0.2) is 21.0 Å². The first-order valence-electron chi connectivity index (χ1n) is 12.2. The number of thiophene rings is 3. The lowest BCUT2D eigenvalue weighted by Gasteiger charge is -2.02. The fraction of sp³-hybridized carbons (Fsp3) is 0.0645. The van der Waals surface area contributed by atoms with Crippen molar-refractivity contribution in [2.24, 2.45) is 0 Å². The molecule has 7 heteroatoms. The van der Waals surface area contributed by atoms with Crippen LogP contribution in [0.3, 0.4) is 0 Å². The fourth-order valence-electron chi connectivity index (χ4n) is 4.97. The SMILES string of the molecule is Cc1cc(-c2ccc(-c3cc(CC(=O)O)c(-c4ccc5[nH]ccc5c4)s3)s2)sc1-c1ccc2[nH]ccc2c1. The van der Waals surface area contributed by atoms with Crippen molar-refractivity contribution in [2.45, 2.75) is 13.3 Å². The van der Waals surface area contributed by atoms with Gasteiger partial charge in [0.05, 0.1) is 6.42 Å². The molecule has 0 saturated heterocycles. The van der Waals surface area contributed by atoms with Gasteiger partial charge in [0.15, 0.2) is 0 Å². The number of carbonyl (C=O) groups is 1. The third kappa shape index (κ3) is 4.09. The quantitative estimate of drug-likeness (QED) is 0.193. The number of H-pyrrole nitrogens is 2. The van der Waals surface area contributed by atoms with E-state index in [1.54, 1.807) is 22.7 Å². The number of hydrogen-bond acceptors (Lipinski definition) is 4. The molecule has 0 fully saturated rings. The summed E-state index contributed by atoms with van der Waals surface area (Å²) in [5, 5.41) is 11.9. The molecule has 186 valence electrons. The van der Waals surface area contributed by atoms with Gasteiger partial charge in [0.1, 0.15) is 0 Å². The van der Waals surface area contributed by atoms with Crippen molar-refractivity contribution in [2.75, 3.05) is 0 Å². The number of aryl methyl sites for hydroxylation is 1. The standard InChI is InChI=1S/C31H22N2O2S3/c1-17-12-27(37-30(17)20-2-4-23-18(13-20)8-10-32-23)25-6-7-26(36-25)28-15-22(16-29(34)35)31(38-28)21-3-5-24-19(14-21)9-11-33-24/h2-15,32-33H,16H2,1H3,(H,34,35).